The van der Waals surface area contributed by atoms with Crippen molar-refractivity contribution in [3.8, 4) is 0 Å². The van der Waals surface area contributed by atoms with E-state index in [4.69, 9.17) is 0 Å². The molecule has 0 spiro atoms. The summed E-state index contributed by atoms with van der Waals surface area (Å²) in [5.41, 5.74) is -0.0155. The summed E-state index contributed by atoms with van der Waals surface area (Å²) < 4.78 is 27.1. The van der Waals surface area contributed by atoms with E-state index in [0.29, 0.717) is 12.1 Å². The van der Waals surface area contributed by atoms with E-state index in [2.05, 4.69) is 10.0 Å². The summed E-state index contributed by atoms with van der Waals surface area (Å²) in [7, 11) is -3.87. The molecule has 1 atom stereocenters. The summed E-state index contributed by atoms with van der Waals surface area (Å²) in [6.45, 7) is 3.48. The minimum atomic E-state index is -3.87. The van der Waals surface area contributed by atoms with Crippen molar-refractivity contribution in [2.45, 2.75) is 18.2 Å². The van der Waals surface area contributed by atoms with Gasteiger partial charge in [0, 0.05) is 12.6 Å². The van der Waals surface area contributed by atoms with Crippen molar-refractivity contribution in [2.24, 2.45) is 5.92 Å². The van der Waals surface area contributed by atoms with Crippen LogP contribution in [0.15, 0.2) is 23.1 Å². The lowest BCUT2D eigenvalue weighted by atomic mass is 10.1. The number of sulfonamides is 1. The van der Waals surface area contributed by atoms with E-state index in [1.165, 1.54) is 12.1 Å². The first-order valence-electron chi connectivity index (χ1n) is 6.36. The molecule has 0 radical (unpaired) electrons. The smallest absolute Gasteiger partial charge is 0.289 e. The normalized spacial score (nSPS) is 19.1. The highest BCUT2D eigenvalue weighted by Gasteiger charge is 2.28. The Morgan fingerprint density at radius 2 is 2.25 bits per heavy atom. The van der Waals surface area contributed by atoms with Gasteiger partial charge < -0.3 is 5.32 Å². The second-order valence-electron chi connectivity index (χ2n) is 4.89. The van der Waals surface area contributed by atoms with Crippen LogP contribution in [-0.4, -0.2) is 33.0 Å². The second kappa shape index (κ2) is 5.86. The van der Waals surface area contributed by atoms with Crippen LogP contribution in [0.4, 0.5) is 5.69 Å². The standard InChI is InChI=1S/C12H17N3O4S/c1-9-3-2-4-11(15(16)17)12(9)20(18,19)14-8-10-5-6-13-7-10/h2-4,10,13-14H,5-8H2,1H3. The molecule has 0 aliphatic carbocycles. The Bertz CT molecular complexity index is 609. The predicted molar refractivity (Wildman–Crippen MR) is 74.0 cm³/mol. The van der Waals surface area contributed by atoms with Crippen molar-refractivity contribution in [3.05, 3.63) is 33.9 Å². The maximum absolute atomic E-state index is 12.3. The van der Waals surface area contributed by atoms with Crippen LogP contribution in [0.5, 0.6) is 0 Å². The Balaban J connectivity index is 2.26. The molecule has 1 fully saturated rings. The third kappa shape index (κ3) is 3.14. The summed E-state index contributed by atoms with van der Waals surface area (Å²) in [5, 5.41) is 14.1. The van der Waals surface area contributed by atoms with Crippen molar-refractivity contribution in [3.63, 3.8) is 0 Å². The Morgan fingerprint density at radius 1 is 1.50 bits per heavy atom. The molecular weight excluding hydrogens is 282 g/mol. The largest absolute Gasteiger partial charge is 0.316 e. The molecule has 0 amide bonds. The maximum atomic E-state index is 12.3. The van der Waals surface area contributed by atoms with E-state index in [9.17, 15) is 18.5 Å². The molecule has 20 heavy (non-hydrogen) atoms. The van der Waals surface area contributed by atoms with Crippen LogP contribution in [-0.2, 0) is 10.0 Å². The third-order valence-corrected chi connectivity index (χ3v) is 5.00. The fraction of sp³-hybridized carbons (Fsp3) is 0.500. The molecule has 1 aliphatic heterocycles. The number of nitro groups is 1. The maximum Gasteiger partial charge on any atom is 0.289 e. The highest BCUT2D eigenvalue weighted by Crippen LogP contribution is 2.26. The number of rotatable bonds is 5. The fourth-order valence-electron chi connectivity index (χ4n) is 2.32. The first-order chi connectivity index (χ1) is 9.42. The van der Waals surface area contributed by atoms with Crippen LogP contribution < -0.4 is 10.0 Å². The quantitative estimate of drug-likeness (QED) is 0.618. The fourth-order valence-corrected chi connectivity index (χ4v) is 3.83. The molecule has 2 rings (SSSR count). The average molecular weight is 299 g/mol. The minimum absolute atomic E-state index is 0.229. The Kier molecular flexibility index (Phi) is 4.36. The third-order valence-electron chi connectivity index (χ3n) is 3.38. The van der Waals surface area contributed by atoms with Gasteiger partial charge in [0.1, 0.15) is 0 Å². The number of nitrogens with one attached hydrogen (secondary N) is 2. The Morgan fingerprint density at radius 3 is 2.85 bits per heavy atom. The summed E-state index contributed by atoms with van der Waals surface area (Å²) in [6, 6.07) is 4.24. The van der Waals surface area contributed by atoms with Crippen molar-refractivity contribution in [2.75, 3.05) is 19.6 Å². The van der Waals surface area contributed by atoms with E-state index in [0.717, 1.165) is 19.5 Å². The van der Waals surface area contributed by atoms with Gasteiger partial charge in [-0.15, -0.1) is 0 Å². The number of hydrogen-bond acceptors (Lipinski definition) is 5. The minimum Gasteiger partial charge on any atom is -0.316 e. The van der Waals surface area contributed by atoms with Crippen molar-refractivity contribution < 1.29 is 13.3 Å². The summed E-state index contributed by atoms with van der Waals surface area (Å²) in [6.07, 6.45) is 0.901. The van der Waals surface area contributed by atoms with Crippen LogP contribution >= 0.6 is 0 Å². The number of benzene rings is 1. The molecule has 110 valence electrons. The van der Waals surface area contributed by atoms with E-state index in [1.54, 1.807) is 13.0 Å². The Hall–Kier alpha value is -1.51. The van der Waals surface area contributed by atoms with Crippen molar-refractivity contribution >= 4 is 15.7 Å². The SMILES string of the molecule is Cc1cccc([N+](=O)[O-])c1S(=O)(=O)NCC1CCNC1. The zero-order valence-electron chi connectivity index (χ0n) is 11.1. The molecule has 2 N–H and O–H groups in total. The van der Waals surface area contributed by atoms with Crippen LogP contribution in [0.2, 0.25) is 0 Å². The van der Waals surface area contributed by atoms with Gasteiger partial charge >= 0.3 is 0 Å². The lowest BCUT2D eigenvalue weighted by Gasteiger charge is -2.12. The van der Waals surface area contributed by atoms with Gasteiger partial charge in [-0.05, 0) is 37.9 Å². The van der Waals surface area contributed by atoms with E-state index in [1.807, 2.05) is 0 Å². The summed E-state index contributed by atoms with van der Waals surface area (Å²) >= 11 is 0. The highest BCUT2D eigenvalue weighted by atomic mass is 32.2. The van der Waals surface area contributed by atoms with Crippen LogP contribution in [0.25, 0.3) is 0 Å². The van der Waals surface area contributed by atoms with Gasteiger partial charge in [0.2, 0.25) is 10.0 Å². The monoisotopic (exact) mass is 299 g/mol. The molecule has 8 heteroatoms. The van der Waals surface area contributed by atoms with E-state index in [-0.39, 0.29) is 16.5 Å². The summed E-state index contributed by atoms with van der Waals surface area (Å²) in [5.74, 6) is 0.229. The molecule has 1 aromatic rings. The van der Waals surface area contributed by atoms with Crippen LogP contribution in [0.3, 0.4) is 0 Å². The van der Waals surface area contributed by atoms with Crippen LogP contribution in [0.1, 0.15) is 12.0 Å². The molecular formula is C12H17N3O4S. The van der Waals surface area contributed by atoms with Gasteiger partial charge in [-0.25, -0.2) is 13.1 Å². The van der Waals surface area contributed by atoms with Gasteiger partial charge in [0.15, 0.2) is 4.90 Å². The number of aryl methyl sites for hydroxylation is 1. The molecule has 7 nitrogen and oxygen atoms in total. The first-order valence-corrected chi connectivity index (χ1v) is 7.84. The molecule has 0 bridgehead atoms. The second-order valence-corrected chi connectivity index (χ2v) is 6.59. The van der Waals surface area contributed by atoms with Gasteiger partial charge in [-0.2, -0.15) is 0 Å². The molecule has 1 aliphatic rings. The van der Waals surface area contributed by atoms with Gasteiger partial charge in [-0.3, -0.25) is 10.1 Å². The number of nitrogens with zero attached hydrogens (tertiary/aromatic N) is 1. The molecule has 0 aromatic heterocycles. The highest BCUT2D eigenvalue weighted by molar-refractivity contribution is 7.89. The van der Waals surface area contributed by atoms with Gasteiger partial charge in [-0.1, -0.05) is 12.1 Å². The van der Waals surface area contributed by atoms with E-state index < -0.39 is 14.9 Å². The molecule has 0 saturated carbocycles. The van der Waals surface area contributed by atoms with Crippen LogP contribution in [0, 0.1) is 23.0 Å². The Labute approximate surface area is 117 Å². The number of nitro benzene ring substituents is 1. The first kappa shape index (κ1) is 14.9. The lowest BCUT2D eigenvalue weighted by molar-refractivity contribution is -0.387. The zero-order chi connectivity index (χ0) is 14.8. The lowest BCUT2D eigenvalue weighted by Crippen LogP contribution is -2.31. The predicted octanol–water partition coefficient (Wildman–Crippen LogP) is 0.791. The van der Waals surface area contributed by atoms with Crippen molar-refractivity contribution in [1.29, 1.82) is 0 Å². The summed E-state index contributed by atoms with van der Waals surface area (Å²) in [4.78, 5) is 10.1. The van der Waals surface area contributed by atoms with E-state index >= 15 is 0 Å². The van der Waals surface area contributed by atoms with Gasteiger partial charge in [0.05, 0.1) is 4.92 Å². The molecule has 1 heterocycles. The zero-order valence-corrected chi connectivity index (χ0v) is 11.9. The molecule has 1 aromatic carbocycles. The molecule has 1 saturated heterocycles. The average Bonchev–Trinajstić information content (AvgIpc) is 2.89. The van der Waals surface area contributed by atoms with Crippen molar-refractivity contribution in [1.82, 2.24) is 10.0 Å². The van der Waals surface area contributed by atoms with Gasteiger partial charge in [0.25, 0.3) is 5.69 Å². The molecule has 1 unspecified atom stereocenters. The number of hydrogen-bond donors (Lipinski definition) is 2. The topological polar surface area (TPSA) is 101 Å².